The van der Waals surface area contributed by atoms with Gasteiger partial charge >= 0.3 is 0 Å². The van der Waals surface area contributed by atoms with Crippen molar-refractivity contribution in [2.24, 2.45) is 0 Å². The Bertz CT molecular complexity index is 309. The summed E-state index contributed by atoms with van der Waals surface area (Å²) >= 11 is 6.18. The summed E-state index contributed by atoms with van der Waals surface area (Å²) in [4.78, 5) is 0. The molecule has 0 fully saturated rings. The predicted molar refractivity (Wildman–Crippen MR) is 56.2 cm³/mol. The number of rotatable bonds is 1. The van der Waals surface area contributed by atoms with Crippen LogP contribution < -0.4 is 5.32 Å². The highest BCUT2D eigenvalue weighted by atomic mass is 35.5. The van der Waals surface area contributed by atoms with Crippen molar-refractivity contribution in [3.63, 3.8) is 0 Å². The Balaban J connectivity index is 2.47. The molecule has 1 aromatic carbocycles. The number of hydrogen-bond donors (Lipinski definition) is 1. The van der Waals surface area contributed by atoms with Gasteiger partial charge in [-0.2, -0.15) is 0 Å². The standard InChI is InChI=1S/C11H14ClN/c1-2-10-11-8(6-7-13-10)4-3-5-9(11)12/h3-5,10,13H,2,6-7H2,1H3. The van der Waals surface area contributed by atoms with E-state index in [1.807, 2.05) is 12.1 Å². The summed E-state index contributed by atoms with van der Waals surface area (Å²) in [6.07, 6.45) is 2.21. The summed E-state index contributed by atoms with van der Waals surface area (Å²) in [5.41, 5.74) is 2.73. The Morgan fingerprint density at radius 3 is 3.15 bits per heavy atom. The third-order valence-electron chi connectivity index (χ3n) is 2.69. The lowest BCUT2D eigenvalue weighted by Gasteiger charge is -2.26. The van der Waals surface area contributed by atoms with Gasteiger partial charge in [0.2, 0.25) is 0 Å². The first-order chi connectivity index (χ1) is 6.33. The summed E-state index contributed by atoms with van der Waals surface area (Å²) < 4.78 is 0. The van der Waals surface area contributed by atoms with Gasteiger partial charge in [0.05, 0.1) is 0 Å². The van der Waals surface area contributed by atoms with Gasteiger partial charge in [-0.05, 0) is 36.6 Å². The average Bonchev–Trinajstić information content (AvgIpc) is 2.17. The molecule has 1 unspecified atom stereocenters. The molecule has 1 heterocycles. The van der Waals surface area contributed by atoms with Crippen molar-refractivity contribution in [1.29, 1.82) is 0 Å². The van der Waals surface area contributed by atoms with E-state index in [0.29, 0.717) is 6.04 Å². The molecule has 0 aromatic heterocycles. The van der Waals surface area contributed by atoms with Crippen LogP contribution >= 0.6 is 11.6 Å². The van der Waals surface area contributed by atoms with Crippen LogP contribution in [0.4, 0.5) is 0 Å². The van der Waals surface area contributed by atoms with Gasteiger partial charge in [-0.25, -0.2) is 0 Å². The van der Waals surface area contributed by atoms with E-state index in [1.165, 1.54) is 11.1 Å². The highest BCUT2D eigenvalue weighted by Crippen LogP contribution is 2.31. The second-order valence-corrected chi connectivity index (χ2v) is 3.88. The highest BCUT2D eigenvalue weighted by Gasteiger charge is 2.19. The van der Waals surface area contributed by atoms with Crippen LogP contribution in [0.3, 0.4) is 0 Å². The topological polar surface area (TPSA) is 12.0 Å². The molecule has 70 valence electrons. The van der Waals surface area contributed by atoms with Crippen molar-refractivity contribution in [2.75, 3.05) is 6.54 Å². The molecule has 1 aromatic rings. The minimum atomic E-state index is 0.456. The normalized spacial score (nSPS) is 21.2. The third-order valence-corrected chi connectivity index (χ3v) is 3.01. The number of nitrogens with one attached hydrogen (secondary N) is 1. The fraction of sp³-hybridized carbons (Fsp3) is 0.455. The zero-order valence-electron chi connectivity index (χ0n) is 7.81. The van der Waals surface area contributed by atoms with Crippen molar-refractivity contribution in [3.05, 3.63) is 34.3 Å². The van der Waals surface area contributed by atoms with E-state index in [9.17, 15) is 0 Å². The Morgan fingerprint density at radius 2 is 2.38 bits per heavy atom. The molecule has 1 aliphatic rings. The van der Waals surface area contributed by atoms with Gasteiger partial charge in [-0.15, -0.1) is 0 Å². The maximum atomic E-state index is 6.18. The van der Waals surface area contributed by atoms with E-state index >= 15 is 0 Å². The molecule has 1 N–H and O–H groups in total. The minimum Gasteiger partial charge on any atom is -0.310 e. The molecule has 2 heteroatoms. The van der Waals surface area contributed by atoms with Crippen LogP contribution in [0.2, 0.25) is 5.02 Å². The number of fused-ring (bicyclic) bond motifs is 1. The van der Waals surface area contributed by atoms with E-state index in [4.69, 9.17) is 11.6 Å². The summed E-state index contributed by atoms with van der Waals surface area (Å²) in [6.45, 7) is 3.27. The molecule has 0 amide bonds. The van der Waals surface area contributed by atoms with E-state index in [0.717, 1.165) is 24.4 Å². The Hall–Kier alpha value is -0.530. The number of hydrogen-bond acceptors (Lipinski definition) is 1. The highest BCUT2D eigenvalue weighted by molar-refractivity contribution is 6.31. The quantitative estimate of drug-likeness (QED) is 0.727. The second kappa shape index (κ2) is 3.69. The molecule has 1 atom stereocenters. The summed E-state index contributed by atoms with van der Waals surface area (Å²) in [7, 11) is 0. The van der Waals surface area contributed by atoms with Crippen LogP contribution in [-0.4, -0.2) is 6.54 Å². The van der Waals surface area contributed by atoms with Gasteiger partial charge in [-0.1, -0.05) is 30.7 Å². The lowest BCUT2D eigenvalue weighted by atomic mass is 9.93. The number of benzene rings is 1. The zero-order chi connectivity index (χ0) is 9.26. The molecular formula is C11H14ClN. The van der Waals surface area contributed by atoms with Gasteiger partial charge in [0.25, 0.3) is 0 Å². The fourth-order valence-corrected chi connectivity index (χ4v) is 2.35. The Kier molecular flexibility index (Phi) is 2.56. The fourth-order valence-electron chi connectivity index (χ4n) is 2.02. The van der Waals surface area contributed by atoms with Crippen LogP contribution in [0.1, 0.15) is 30.5 Å². The van der Waals surface area contributed by atoms with Crippen molar-refractivity contribution in [1.82, 2.24) is 5.32 Å². The third kappa shape index (κ3) is 1.59. The van der Waals surface area contributed by atoms with Gasteiger partial charge in [0.1, 0.15) is 0 Å². The molecular weight excluding hydrogens is 182 g/mol. The van der Waals surface area contributed by atoms with Gasteiger partial charge in [0, 0.05) is 11.1 Å². The molecule has 1 aliphatic heterocycles. The minimum absolute atomic E-state index is 0.456. The van der Waals surface area contributed by atoms with Gasteiger partial charge in [-0.3, -0.25) is 0 Å². The van der Waals surface area contributed by atoms with E-state index in [1.54, 1.807) is 0 Å². The smallest absolute Gasteiger partial charge is 0.0456 e. The molecule has 0 radical (unpaired) electrons. The number of halogens is 1. The van der Waals surface area contributed by atoms with Crippen LogP contribution in [-0.2, 0) is 6.42 Å². The summed E-state index contributed by atoms with van der Waals surface area (Å²) in [5.74, 6) is 0. The van der Waals surface area contributed by atoms with Crippen LogP contribution in [0.15, 0.2) is 18.2 Å². The lowest BCUT2D eigenvalue weighted by molar-refractivity contribution is 0.493. The molecule has 2 rings (SSSR count). The molecule has 0 saturated heterocycles. The van der Waals surface area contributed by atoms with Crippen molar-refractivity contribution < 1.29 is 0 Å². The molecule has 13 heavy (non-hydrogen) atoms. The first kappa shape index (κ1) is 9.04. The van der Waals surface area contributed by atoms with Gasteiger partial charge < -0.3 is 5.32 Å². The van der Waals surface area contributed by atoms with Crippen molar-refractivity contribution in [3.8, 4) is 0 Å². The first-order valence-electron chi connectivity index (χ1n) is 4.83. The Labute approximate surface area is 84.1 Å². The van der Waals surface area contributed by atoms with Crippen molar-refractivity contribution >= 4 is 11.6 Å². The molecule has 0 aliphatic carbocycles. The maximum absolute atomic E-state index is 6.18. The van der Waals surface area contributed by atoms with Crippen LogP contribution in [0.25, 0.3) is 0 Å². The van der Waals surface area contributed by atoms with Crippen LogP contribution in [0.5, 0.6) is 0 Å². The zero-order valence-corrected chi connectivity index (χ0v) is 8.56. The SMILES string of the molecule is CCC1NCCc2cccc(Cl)c21. The maximum Gasteiger partial charge on any atom is 0.0456 e. The lowest BCUT2D eigenvalue weighted by Crippen LogP contribution is -2.29. The van der Waals surface area contributed by atoms with Gasteiger partial charge in [0.15, 0.2) is 0 Å². The van der Waals surface area contributed by atoms with E-state index < -0.39 is 0 Å². The summed E-state index contributed by atoms with van der Waals surface area (Å²) in [6, 6.07) is 6.66. The monoisotopic (exact) mass is 195 g/mol. The van der Waals surface area contributed by atoms with E-state index in [-0.39, 0.29) is 0 Å². The molecule has 0 bridgehead atoms. The second-order valence-electron chi connectivity index (χ2n) is 3.48. The Morgan fingerprint density at radius 1 is 1.54 bits per heavy atom. The van der Waals surface area contributed by atoms with Crippen molar-refractivity contribution in [2.45, 2.75) is 25.8 Å². The average molecular weight is 196 g/mol. The first-order valence-corrected chi connectivity index (χ1v) is 5.21. The van der Waals surface area contributed by atoms with E-state index in [2.05, 4.69) is 18.3 Å². The largest absolute Gasteiger partial charge is 0.310 e. The molecule has 1 nitrogen and oxygen atoms in total. The molecule has 0 saturated carbocycles. The summed E-state index contributed by atoms with van der Waals surface area (Å²) in [5, 5.41) is 4.39. The van der Waals surface area contributed by atoms with Crippen LogP contribution in [0, 0.1) is 0 Å². The molecule has 0 spiro atoms. The predicted octanol–water partition coefficient (Wildman–Crippen LogP) is 2.94.